The van der Waals surface area contributed by atoms with E-state index in [-0.39, 0.29) is 5.75 Å². The number of para-hydroxylation sites is 1. The van der Waals surface area contributed by atoms with Gasteiger partial charge in [-0.1, -0.05) is 90.5 Å². The van der Waals surface area contributed by atoms with E-state index in [1.165, 1.54) is 5.56 Å². The minimum absolute atomic E-state index is 0.208. The highest BCUT2D eigenvalue weighted by atomic mass is 16.3. The van der Waals surface area contributed by atoms with Crippen LogP contribution in [0.1, 0.15) is 5.56 Å². The van der Waals surface area contributed by atoms with Gasteiger partial charge in [-0.3, -0.25) is 4.57 Å². The Morgan fingerprint density at radius 1 is 0.645 bits per heavy atom. The van der Waals surface area contributed by atoms with Crippen molar-refractivity contribution in [2.24, 2.45) is 0 Å². The highest BCUT2D eigenvalue weighted by Gasteiger charge is 2.23. The Bertz CT molecular complexity index is 1320. The van der Waals surface area contributed by atoms with Crippen molar-refractivity contribution in [3.8, 4) is 45.3 Å². The van der Waals surface area contributed by atoms with Gasteiger partial charge in [0.25, 0.3) is 0 Å². The molecule has 0 aliphatic rings. The molecule has 3 nitrogen and oxygen atoms in total. The summed E-state index contributed by atoms with van der Waals surface area (Å²) in [6.07, 6.45) is 0. The number of aromatic nitrogens is 2. The Balaban J connectivity index is 1.90. The molecule has 0 bridgehead atoms. The first-order chi connectivity index (χ1) is 15.2. The van der Waals surface area contributed by atoms with Gasteiger partial charge in [-0.2, -0.15) is 0 Å². The third-order valence-corrected chi connectivity index (χ3v) is 5.41. The third kappa shape index (κ3) is 3.51. The Labute approximate surface area is 181 Å². The van der Waals surface area contributed by atoms with Crippen molar-refractivity contribution >= 4 is 0 Å². The van der Waals surface area contributed by atoms with Crippen molar-refractivity contribution in [2.45, 2.75) is 6.92 Å². The topological polar surface area (TPSA) is 38.0 Å². The summed E-state index contributed by atoms with van der Waals surface area (Å²) in [6.45, 7) is 2.08. The average molecular weight is 402 g/mol. The van der Waals surface area contributed by atoms with E-state index in [4.69, 9.17) is 4.98 Å². The molecule has 0 spiro atoms. The lowest BCUT2D eigenvalue weighted by molar-refractivity contribution is 0.477. The maximum Gasteiger partial charge on any atom is 0.149 e. The quantitative estimate of drug-likeness (QED) is 0.355. The molecule has 5 aromatic rings. The summed E-state index contributed by atoms with van der Waals surface area (Å²) in [5.41, 5.74) is 6.86. The molecule has 0 unspecified atom stereocenters. The van der Waals surface area contributed by atoms with E-state index < -0.39 is 0 Å². The van der Waals surface area contributed by atoms with Gasteiger partial charge in [-0.25, -0.2) is 4.98 Å². The van der Waals surface area contributed by atoms with Gasteiger partial charge in [0.1, 0.15) is 11.6 Å². The molecule has 0 aliphatic heterocycles. The molecule has 31 heavy (non-hydrogen) atoms. The summed E-state index contributed by atoms with van der Waals surface area (Å²) in [4.78, 5) is 5.09. The highest BCUT2D eigenvalue weighted by molar-refractivity contribution is 5.85. The number of aromatic hydroxyl groups is 1. The molecular weight excluding hydrogens is 380 g/mol. The summed E-state index contributed by atoms with van der Waals surface area (Å²) < 4.78 is 2.14. The summed E-state index contributed by atoms with van der Waals surface area (Å²) in [6, 6.07) is 36.2. The van der Waals surface area contributed by atoms with Gasteiger partial charge in [0.15, 0.2) is 0 Å². The van der Waals surface area contributed by atoms with E-state index >= 15 is 0 Å². The summed E-state index contributed by atoms with van der Waals surface area (Å²) in [5, 5.41) is 10.7. The van der Waals surface area contributed by atoms with Crippen LogP contribution in [0.15, 0.2) is 109 Å². The van der Waals surface area contributed by atoms with E-state index in [1.54, 1.807) is 6.07 Å². The maximum atomic E-state index is 10.7. The van der Waals surface area contributed by atoms with E-state index in [1.807, 2.05) is 54.6 Å². The van der Waals surface area contributed by atoms with Crippen LogP contribution in [-0.4, -0.2) is 14.7 Å². The lowest BCUT2D eigenvalue weighted by Gasteiger charge is -2.14. The van der Waals surface area contributed by atoms with E-state index in [0.717, 1.165) is 28.2 Å². The second kappa shape index (κ2) is 7.96. The van der Waals surface area contributed by atoms with E-state index in [2.05, 4.69) is 60.0 Å². The van der Waals surface area contributed by atoms with Crippen molar-refractivity contribution in [3.05, 3.63) is 115 Å². The van der Waals surface area contributed by atoms with Crippen LogP contribution in [0.25, 0.3) is 39.6 Å². The first-order valence-corrected chi connectivity index (χ1v) is 10.3. The van der Waals surface area contributed by atoms with Crippen molar-refractivity contribution in [1.29, 1.82) is 0 Å². The lowest BCUT2D eigenvalue weighted by Crippen LogP contribution is -2.00. The minimum Gasteiger partial charge on any atom is -0.507 e. The molecule has 0 radical (unpaired) electrons. The zero-order chi connectivity index (χ0) is 21.2. The molecule has 3 heteroatoms. The standard InChI is InChI=1S/C28H22N2O/c1-20-16-18-23(19-17-20)30-27(22-12-6-3-7-13-22)26(21-10-4-2-5-11-21)29-28(30)24-14-8-9-15-25(24)31/h2-19,31H,1H3. The number of phenolic OH excluding ortho intramolecular Hbond substituents is 1. The highest BCUT2D eigenvalue weighted by Crippen LogP contribution is 2.40. The van der Waals surface area contributed by atoms with E-state index in [9.17, 15) is 5.11 Å². The number of rotatable bonds is 4. The zero-order valence-electron chi connectivity index (χ0n) is 17.2. The molecule has 0 saturated heterocycles. The van der Waals surface area contributed by atoms with Gasteiger partial charge in [0.2, 0.25) is 0 Å². The summed E-state index contributed by atoms with van der Waals surface area (Å²) >= 11 is 0. The molecule has 0 aliphatic carbocycles. The molecule has 150 valence electrons. The van der Waals surface area contributed by atoms with Crippen LogP contribution < -0.4 is 0 Å². The Morgan fingerprint density at radius 2 is 1.23 bits per heavy atom. The summed E-state index contributed by atoms with van der Waals surface area (Å²) in [7, 11) is 0. The van der Waals surface area contributed by atoms with Gasteiger partial charge in [0, 0.05) is 16.8 Å². The van der Waals surface area contributed by atoms with Gasteiger partial charge in [0.05, 0.1) is 17.0 Å². The second-order valence-corrected chi connectivity index (χ2v) is 7.55. The molecule has 1 heterocycles. The smallest absolute Gasteiger partial charge is 0.149 e. The summed E-state index contributed by atoms with van der Waals surface area (Å²) in [5.74, 6) is 0.916. The predicted octanol–water partition coefficient (Wildman–Crippen LogP) is 6.89. The first-order valence-electron chi connectivity index (χ1n) is 10.3. The number of aryl methyl sites for hydroxylation is 1. The number of benzene rings is 4. The van der Waals surface area contributed by atoms with Crippen LogP contribution in [0.3, 0.4) is 0 Å². The van der Waals surface area contributed by atoms with Gasteiger partial charge in [-0.05, 0) is 31.2 Å². The first kappa shape index (κ1) is 18.9. The van der Waals surface area contributed by atoms with Crippen molar-refractivity contribution in [2.75, 3.05) is 0 Å². The van der Waals surface area contributed by atoms with Crippen LogP contribution in [0.5, 0.6) is 5.75 Å². The van der Waals surface area contributed by atoms with Crippen LogP contribution in [0.2, 0.25) is 0 Å². The zero-order valence-corrected chi connectivity index (χ0v) is 17.2. The number of imidazole rings is 1. The van der Waals surface area contributed by atoms with Crippen molar-refractivity contribution < 1.29 is 5.11 Å². The van der Waals surface area contributed by atoms with Gasteiger partial charge < -0.3 is 5.11 Å². The predicted molar refractivity (Wildman–Crippen MR) is 126 cm³/mol. The normalized spacial score (nSPS) is 10.9. The molecule has 1 aromatic heterocycles. The van der Waals surface area contributed by atoms with Crippen LogP contribution in [-0.2, 0) is 0 Å². The number of hydrogen-bond donors (Lipinski definition) is 1. The fourth-order valence-corrected chi connectivity index (χ4v) is 3.87. The molecule has 1 N–H and O–H groups in total. The molecule has 0 fully saturated rings. The molecule has 5 rings (SSSR count). The molecule has 4 aromatic carbocycles. The molecule has 0 saturated carbocycles. The molecule has 0 atom stereocenters. The SMILES string of the molecule is Cc1ccc(-n2c(-c3ccccc3O)nc(-c3ccccc3)c2-c2ccccc2)cc1. The van der Waals surface area contributed by atoms with Gasteiger partial charge >= 0.3 is 0 Å². The van der Waals surface area contributed by atoms with Crippen LogP contribution >= 0.6 is 0 Å². The molecular formula is C28H22N2O. The Hall–Kier alpha value is -4.11. The fourth-order valence-electron chi connectivity index (χ4n) is 3.87. The van der Waals surface area contributed by atoms with Crippen molar-refractivity contribution in [3.63, 3.8) is 0 Å². The van der Waals surface area contributed by atoms with Crippen LogP contribution in [0, 0.1) is 6.92 Å². The fraction of sp³-hybridized carbons (Fsp3) is 0.0357. The average Bonchev–Trinajstić information content (AvgIpc) is 3.21. The lowest BCUT2D eigenvalue weighted by atomic mass is 10.0. The van der Waals surface area contributed by atoms with Gasteiger partial charge in [-0.15, -0.1) is 0 Å². The Morgan fingerprint density at radius 3 is 1.87 bits per heavy atom. The largest absolute Gasteiger partial charge is 0.507 e. The molecule has 0 amide bonds. The van der Waals surface area contributed by atoms with E-state index in [0.29, 0.717) is 11.4 Å². The number of nitrogens with zero attached hydrogens (tertiary/aromatic N) is 2. The number of hydrogen-bond acceptors (Lipinski definition) is 2. The monoisotopic (exact) mass is 402 g/mol. The number of phenols is 1. The second-order valence-electron chi connectivity index (χ2n) is 7.55. The van der Waals surface area contributed by atoms with Crippen LogP contribution in [0.4, 0.5) is 0 Å². The Kier molecular flexibility index (Phi) is 4.85. The van der Waals surface area contributed by atoms with Crippen molar-refractivity contribution in [1.82, 2.24) is 9.55 Å². The third-order valence-electron chi connectivity index (χ3n) is 5.41. The maximum absolute atomic E-state index is 10.7. The minimum atomic E-state index is 0.208.